The van der Waals surface area contributed by atoms with Crippen molar-refractivity contribution in [3.8, 4) is 0 Å². The van der Waals surface area contributed by atoms with Crippen LogP contribution in [0.4, 0.5) is 8.28 Å². The van der Waals surface area contributed by atoms with Gasteiger partial charge in [0.05, 0.1) is 0 Å². The minimum Gasteiger partial charge on any atom is -0.260 e. The van der Waals surface area contributed by atoms with E-state index in [0.29, 0.717) is 6.92 Å². The molecule has 1 atom stereocenters. The summed E-state index contributed by atoms with van der Waals surface area (Å²) in [7, 11) is -5.03. The van der Waals surface area contributed by atoms with E-state index in [0.717, 1.165) is 0 Å². The molecule has 0 aliphatic rings. The van der Waals surface area contributed by atoms with Crippen molar-refractivity contribution in [1.29, 1.82) is 0 Å². The quantitative estimate of drug-likeness (QED) is 0.538. The third-order valence-electron chi connectivity index (χ3n) is 0.742. The molecule has 0 N–H and O–H groups in total. The van der Waals surface area contributed by atoms with Crippen molar-refractivity contribution < 1.29 is 21.5 Å². The van der Waals surface area contributed by atoms with Crippen LogP contribution in [0.1, 0.15) is 6.92 Å². The van der Waals surface area contributed by atoms with E-state index in [2.05, 4.69) is 0 Å². The molecule has 9 heavy (non-hydrogen) atoms. The highest BCUT2D eigenvalue weighted by molar-refractivity contribution is 7.87. The number of halogens is 2. The van der Waals surface area contributed by atoms with Gasteiger partial charge in [-0.25, -0.2) is 0 Å². The standard InChI is InChI=1S/C3H4F2O3S/c1-2(3(4)6)9(5,7)8/h2H,1H3. The molecule has 3 nitrogen and oxygen atoms in total. The van der Waals surface area contributed by atoms with E-state index in [1.807, 2.05) is 0 Å². The molecule has 0 amide bonds. The van der Waals surface area contributed by atoms with Crippen molar-refractivity contribution in [2.45, 2.75) is 12.2 Å². The molecule has 0 aliphatic carbocycles. The molecule has 6 heteroatoms. The number of carbonyl (C=O) groups is 1. The maximum absolute atomic E-state index is 11.5. The topological polar surface area (TPSA) is 51.2 Å². The van der Waals surface area contributed by atoms with Crippen LogP contribution >= 0.6 is 0 Å². The fourth-order valence-electron chi connectivity index (χ4n) is 0.111. The monoisotopic (exact) mass is 158 g/mol. The SMILES string of the molecule is CC(C(=O)F)S(=O)(=O)F. The van der Waals surface area contributed by atoms with Crippen molar-refractivity contribution in [2.75, 3.05) is 0 Å². The molecule has 1 unspecified atom stereocenters. The lowest BCUT2D eigenvalue weighted by atomic mass is 10.5. The molecule has 0 bridgehead atoms. The Morgan fingerprint density at radius 1 is 1.56 bits per heavy atom. The van der Waals surface area contributed by atoms with Gasteiger partial charge in [0.2, 0.25) is 0 Å². The van der Waals surface area contributed by atoms with E-state index in [-0.39, 0.29) is 0 Å². The molecule has 0 aromatic rings. The van der Waals surface area contributed by atoms with Crippen LogP contribution in [0.3, 0.4) is 0 Å². The molecule has 0 saturated heterocycles. The molecule has 0 aliphatic heterocycles. The molecular weight excluding hydrogens is 154 g/mol. The van der Waals surface area contributed by atoms with Crippen molar-refractivity contribution in [3.05, 3.63) is 0 Å². The van der Waals surface area contributed by atoms with Crippen LogP contribution < -0.4 is 0 Å². The zero-order chi connectivity index (χ0) is 7.65. The first kappa shape index (κ1) is 8.48. The highest BCUT2D eigenvalue weighted by Gasteiger charge is 2.26. The van der Waals surface area contributed by atoms with Gasteiger partial charge in [0, 0.05) is 0 Å². The van der Waals surface area contributed by atoms with Gasteiger partial charge >= 0.3 is 16.3 Å². The lowest BCUT2D eigenvalue weighted by molar-refractivity contribution is -0.128. The van der Waals surface area contributed by atoms with E-state index in [4.69, 9.17) is 0 Å². The fourth-order valence-corrected chi connectivity index (χ4v) is 0.332. The first-order valence-corrected chi connectivity index (χ1v) is 3.43. The summed E-state index contributed by atoms with van der Waals surface area (Å²) in [6.07, 6.45) is 0. The smallest absolute Gasteiger partial charge is 0.260 e. The molecule has 54 valence electrons. The molecule has 0 aromatic heterocycles. The molecular formula is C3H4F2O3S. The summed E-state index contributed by atoms with van der Waals surface area (Å²) in [4.78, 5) is 9.50. The summed E-state index contributed by atoms with van der Waals surface area (Å²) in [6, 6.07) is -2.18. The van der Waals surface area contributed by atoms with Gasteiger partial charge in [0.25, 0.3) is 0 Å². The Morgan fingerprint density at radius 2 is 1.89 bits per heavy atom. The Balaban J connectivity index is 4.43. The average molecular weight is 158 g/mol. The summed E-state index contributed by atoms with van der Waals surface area (Å²) in [5.41, 5.74) is 0. The summed E-state index contributed by atoms with van der Waals surface area (Å²) < 4.78 is 42.2. The van der Waals surface area contributed by atoms with Crippen molar-refractivity contribution in [2.24, 2.45) is 0 Å². The van der Waals surface area contributed by atoms with Crippen LogP contribution in [0.5, 0.6) is 0 Å². The van der Waals surface area contributed by atoms with Crippen molar-refractivity contribution in [3.63, 3.8) is 0 Å². The van der Waals surface area contributed by atoms with E-state index in [9.17, 15) is 21.5 Å². The third kappa shape index (κ3) is 2.50. The van der Waals surface area contributed by atoms with Gasteiger partial charge in [-0.3, -0.25) is 4.79 Å². The maximum atomic E-state index is 11.5. The largest absolute Gasteiger partial charge is 0.322 e. The van der Waals surface area contributed by atoms with Gasteiger partial charge < -0.3 is 0 Å². The van der Waals surface area contributed by atoms with E-state index < -0.39 is 21.5 Å². The van der Waals surface area contributed by atoms with E-state index >= 15 is 0 Å². The maximum Gasteiger partial charge on any atom is 0.322 e. The molecule has 0 heterocycles. The van der Waals surface area contributed by atoms with Crippen LogP contribution in [0.2, 0.25) is 0 Å². The average Bonchev–Trinajstić information content (AvgIpc) is 1.62. The van der Waals surface area contributed by atoms with Crippen LogP contribution in [0.15, 0.2) is 0 Å². The highest BCUT2D eigenvalue weighted by atomic mass is 32.3. The molecule has 0 spiro atoms. The zero-order valence-electron chi connectivity index (χ0n) is 4.47. The second-order valence-electron chi connectivity index (χ2n) is 1.42. The minimum atomic E-state index is -5.03. The minimum absolute atomic E-state index is 0.637. The Hall–Kier alpha value is -0.520. The predicted octanol–water partition coefficient (Wildman–Crippen LogP) is 0.170. The lowest BCUT2D eigenvalue weighted by Crippen LogP contribution is -2.19. The summed E-state index contributed by atoms with van der Waals surface area (Å²) in [5, 5.41) is -2.18. The Kier molecular flexibility index (Phi) is 2.25. The van der Waals surface area contributed by atoms with Crippen LogP contribution in [0, 0.1) is 0 Å². The van der Waals surface area contributed by atoms with Crippen molar-refractivity contribution >= 4 is 16.3 Å². The first-order valence-electron chi connectivity index (χ1n) is 1.98. The van der Waals surface area contributed by atoms with E-state index in [1.54, 1.807) is 0 Å². The van der Waals surface area contributed by atoms with Gasteiger partial charge in [0.15, 0.2) is 5.25 Å². The number of rotatable bonds is 2. The number of hydrogen-bond acceptors (Lipinski definition) is 3. The molecule has 0 aromatic carbocycles. The predicted molar refractivity (Wildman–Crippen MR) is 25.6 cm³/mol. The lowest BCUT2D eigenvalue weighted by Gasteiger charge is -1.94. The van der Waals surface area contributed by atoms with Gasteiger partial charge in [-0.05, 0) is 6.92 Å². The molecule has 0 rings (SSSR count). The summed E-state index contributed by atoms with van der Waals surface area (Å²) >= 11 is 0. The molecule has 0 saturated carbocycles. The van der Waals surface area contributed by atoms with Gasteiger partial charge in [0.1, 0.15) is 0 Å². The second kappa shape index (κ2) is 2.38. The third-order valence-corrected chi connectivity index (χ3v) is 1.77. The van der Waals surface area contributed by atoms with Crippen molar-refractivity contribution in [1.82, 2.24) is 0 Å². The number of carbonyl (C=O) groups excluding carboxylic acids is 1. The van der Waals surface area contributed by atoms with Gasteiger partial charge in [-0.15, -0.1) is 3.89 Å². The van der Waals surface area contributed by atoms with Crippen LogP contribution in [-0.2, 0) is 15.0 Å². The molecule has 0 fully saturated rings. The second-order valence-corrected chi connectivity index (χ2v) is 3.08. The Labute approximate surface area is 50.9 Å². The Bertz CT molecular complexity index is 207. The van der Waals surface area contributed by atoms with Gasteiger partial charge in [-0.2, -0.15) is 12.8 Å². The first-order chi connectivity index (χ1) is 3.85. The summed E-state index contributed by atoms with van der Waals surface area (Å²) in [6.45, 7) is 0.637. The number of hydrogen-bond donors (Lipinski definition) is 0. The molecule has 0 radical (unpaired) electrons. The van der Waals surface area contributed by atoms with E-state index in [1.165, 1.54) is 0 Å². The van der Waals surface area contributed by atoms with Gasteiger partial charge in [-0.1, -0.05) is 0 Å². The normalized spacial score (nSPS) is 15.0. The van der Waals surface area contributed by atoms with Crippen LogP contribution in [-0.4, -0.2) is 19.7 Å². The Morgan fingerprint density at radius 3 is 1.89 bits per heavy atom. The highest BCUT2D eigenvalue weighted by Crippen LogP contribution is 2.03. The van der Waals surface area contributed by atoms with Crippen LogP contribution in [0.25, 0.3) is 0 Å². The fraction of sp³-hybridized carbons (Fsp3) is 0.667. The zero-order valence-corrected chi connectivity index (χ0v) is 5.28. The summed E-state index contributed by atoms with van der Waals surface area (Å²) in [5.74, 6) is 0.